The summed E-state index contributed by atoms with van der Waals surface area (Å²) in [4.78, 5) is 8.38. The van der Waals surface area contributed by atoms with Crippen LogP contribution in [0.1, 0.15) is 5.69 Å². The van der Waals surface area contributed by atoms with Crippen molar-refractivity contribution in [2.45, 2.75) is 6.42 Å². The minimum Gasteiger partial charge on any atom is -0.330 e. The Kier molecular flexibility index (Phi) is 2.19. The second-order valence-corrected chi connectivity index (χ2v) is 2.88. The lowest BCUT2D eigenvalue weighted by molar-refractivity contribution is 0.926. The molecule has 1 heterocycles. The minimum atomic E-state index is 0.626. The molecule has 1 aromatic carbocycles. The average Bonchev–Trinajstić information content (AvgIpc) is 2.19. The molecule has 3 nitrogen and oxygen atoms in total. The lowest BCUT2D eigenvalue weighted by atomic mass is 10.1. The zero-order chi connectivity index (χ0) is 9.10. The summed E-state index contributed by atoms with van der Waals surface area (Å²) in [5.41, 5.74) is 7.51. The van der Waals surface area contributed by atoms with E-state index in [1.165, 1.54) is 0 Å². The molecule has 0 saturated carbocycles. The second-order valence-electron chi connectivity index (χ2n) is 2.88. The number of nitrogens with two attached hydrogens (primary N) is 1. The Morgan fingerprint density at radius 3 is 2.85 bits per heavy atom. The van der Waals surface area contributed by atoms with Gasteiger partial charge < -0.3 is 5.73 Å². The van der Waals surface area contributed by atoms with Crippen molar-refractivity contribution in [2.75, 3.05) is 6.54 Å². The van der Waals surface area contributed by atoms with Crippen LogP contribution in [0.5, 0.6) is 0 Å². The van der Waals surface area contributed by atoms with Crippen molar-refractivity contribution in [2.24, 2.45) is 5.73 Å². The molecule has 0 aliphatic carbocycles. The van der Waals surface area contributed by atoms with Gasteiger partial charge in [0, 0.05) is 11.8 Å². The Bertz CT molecular complexity index is 406. The highest BCUT2D eigenvalue weighted by Crippen LogP contribution is 2.13. The largest absolute Gasteiger partial charge is 0.330 e. The predicted octanol–water partition coefficient (Wildman–Crippen LogP) is 1.13. The molecular formula is C10H11N3. The first-order chi connectivity index (χ1) is 6.42. The Labute approximate surface area is 76.6 Å². The Morgan fingerprint density at radius 2 is 2.00 bits per heavy atom. The van der Waals surface area contributed by atoms with Gasteiger partial charge in [-0.2, -0.15) is 0 Å². The maximum atomic E-state index is 5.49. The van der Waals surface area contributed by atoms with E-state index in [0.717, 1.165) is 23.0 Å². The van der Waals surface area contributed by atoms with Gasteiger partial charge in [-0.15, -0.1) is 0 Å². The minimum absolute atomic E-state index is 0.626. The first-order valence-electron chi connectivity index (χ1n) is 4.30. The van der Waals surface area contributed by atoms with Gasteiger partial charge in [0.1, 0.15) is 6.33 Å². The fraction of sp³-hybridized carbons (Fsp3) is 0.200. The van der Waals surface area contributed by atoms with Crippen molar-refractivity contribution in [3.05, 3.63) is 36.3 Å². The normalized spacial score (nSPS) is 10.5. The number of hydrogen-bond acceptors (Lipinski definition) is 3. The summed E-state index contributed by atoms with van der Waals surface area (Å²) in [6.07, 6.45) is 2.40. The molecule has 1 aromatic heterocycles. The predicted molar refractivity (Wildman–Crippen MR) is 52.3 cm³/mol. The first kappa shape index (κ1) is 8.13. The zero-order valence-corrected chi connectivity index (χ0v) is 7.27. The number of para-hydroxylation sites is 1. The highest BCUT2D eigenvalue weighted by atomic mass is 14.8. The number of aromatic nitrogens is 2. The molecule has 0 radical (unpaired) electrons. The Morgan fingerprint density at radius 1 is 1.15 bits per heavy atom. The molecule has 0 bridgehead atoms. The summed E-state index contributed by atoms with van der Waals surface area (Å²) in [7, 11) is 0. The number of benzene rings is 1. The van der Waals surface area contributed by atoms with Gasteiger partial charge >= 0.3 is 0 Å². The summed E-state index contributed by atoms with van der Waals surface area (Å²) >= 11 is 0. The van der Waals surface area contributed by atoms with Crippen molar-refractivity contribution in [1.29, 1.82) is 0 Å². The standard InChI is InChI=1S/C10H11N3/c11-6-5-10-8-3-1-2-4-9(8)12-7-13-10/h1-4,7H,5-6,11H2. The van der Waals surface area contributed by atoms with Crippen molar-refractivity contribution >= 4 is 10.9 Å². The molecule has 13 heavy (non-hydrogen) atoms. The fourth-order valence-corrected chi connectivity index (χ4v) is 1.40. The second kappa shape index (κ2) is 3.49. The van der Waals surface area contributed by atoms with Crippen LogP contribution in [-0.4, -0.2) is 16.5 Å². The van der Waals surface area contributed by atoms with Crippen LogP contribution in [0.2, 0.25) is 0 Å². The van der Waals surface area contributed by atoms with E-state index >= 15 is 0 Å². The molecule has 0 amide bonds. The third-order valence-corrected chi connectivity index (χ3v) is 2.01. The third kappa shape index (κ3) is 1.51. The van der Waals surface area contributed by atoms with E-state index in [0.29, 0.717) is 6.54 Å². The van der Waals surface area contributed by atoms with Crippen LogP contribution in [-0.2, 0) is 6.42 Å². The van der Waals surface area contributed by atoms with Gasteiger partial charge in [0.15, 0.2) is 0 Å². The van der Waals surface area contributed by atoms with Gasteiger partial charge in [0.05, 0.1) is 11.2 Å². The van der Waals surface area contributed by atoms with Crippen LogP contribution in [0, 0.1) is 0 Å². The van der Waals surface area contributed by atoms with Crippen molar-refractivity contribution in [3.8, 4) is 0 Å². The Hall–Kier alpha value is -1.48. The average molecular weight is 173 g/mol. The molecule has 0 spiro atoms. The van der Waals surface area contributed by atoms with E-state index in [1.54, 1.807) is 6.33 Å². The summed E-state index contributed by atoms with van der Waals surface area (Å²) in [6.45, 7) is 0.626. The van der Waals surface area contributed by atoms with E-state index < -0.39 is 0 Å². The van der Waals surface area contributed by atoms with Crippen LogP contribution in [0.3, 0.4) is 0 Å². The van der Waals surface area contributed by atoms with E-state index in [1.807, 2.05) is 24.3 Å². The van der Waals surface area contributed by atoms with Gasteiger partial charge in [-0.05, 0) is 12.6 Å². The maximum absolute atomic E-state index is 5.49. The van der Waals surface area contributed by atoms with Gasteiger partial charge in [-0.3, -0.25) is 0 Å². The van der Waals surface area contributed by atoms with Crippen molar-refractivity contribution in [1.82, 2.24) is 9.97 Å². The van der Waals surface area contributed by atoms with Crippen molar-refractivity contribution in [3.63, 3.8) is 0 Å². The quantitative estimate of drug-likeness (QED) is 0.740. The third-order valence-electron chi connectivity index (χ3n) is 2.01. The molecular weight excluding hydrogens is 162 g/mol. The van der Waals surface area contributed by atoms with Crippen LogP contribution < -0.4 is 5.73 Å². The van der Waals surface area contributed by atoms with Crippen LogP contribution in [0.4, 0.5) is 0 Å². The number of fused-ring (bicyclic) bond motifs is 1. The maximum Gasteiger partial charge on any atom is 0.116 e. The van der Waals surface area contributed by atoms with Crippen LogP contribution >= 0.6 is 0 Å². The lowest BCUT2D eigenvalue weighted by Gasteiger charge is -2.01. The molecule has 2 rings (SSSR count). The van der Waals surface area contributed by atoms with Gasteiger partial charge in [-0.1, -0.05) is 18.2 Å². The van der Waals surface area contributed by atoms with Crippen LogP contribution in [0.15, 0.2) is 30.6 Å². The highest BCUT2D eigenvalue weighted by molar-refractivity contribution is 5.80. The lowest BCUT2D eigenvalue weighted by Crippen LogP contribution is -2.05. The van der Waals surface area contributed by atoms with Gasteiger partial charge in [-0.25, -0.2) is 9.97 Å². The molecule has 0 saturated heterocycles. The first-order valence-corrected chi connectivity index (χ1v) is 4.30. The molecule has 66 valence electrons. The van der Waals surface area contributed by atoms with E-state index in [4.69, 9.17) is 5.73 Å². The fourth-order valence-electron chi connectivity index (χ4n) is 1.40. The molecule has 0 aliphatic rings. The Balaban J connectivity index is 2.61. The smallest absolute Gasteiger partial charge is 0.116 e. The van der Waals surface area contributed by atoms with E-state index in [2.05, 4.69) is 9.97 Å². The molecule has 0 fully saturated rings. The molecule has 0 atom stereocenters. The SMILES string of the molecule is NCCc1ncnc2ccccc12. The topological polar surface area (TPSA) is 51.8 Å². The van der Waals surface area contributed by atoms with Gasteiger partial charge in [0.25, 0.3) is 0 Å². The van der Waals surface area contributed by atoms with Crippen LogP contribution in [0.25, 0.3) is 10.9 Å². The summed E-state index contributed by atoms with van der Waals surface area (Å²) in [6, 6.07) is 7.98. The van der Waals surface area contributed by atoms with E-state index in [9.17, 15) is 0 Å². The summed E-state index contributed by atoms with van der Waals surface area (Å²) < 4.78 is 0. The van der Waals surface area contributed by atoms with E-state index in [-0.39, 0.29) is 0 Å². The summed E-state index contributed by atoms with van der Waals surface area (Å²) in [5.74, 6) is 0. The number of hydrogen-bond donors (Lipinski definition) is 1. The van der Waals surface area contributed by atoms with Gasteiger partial charge in [0.2, 0.25) is 0 Å². The molecule has 0 aliphatic heterocycles. The molecule has 2 aromatic rings. The number of rotatable bonds is 2. The van der Waals surface area contributed by atoms with Crippen molar-refractivity contribution < 1.29 is 0 Å². The molecule has 0 unspecified atom stereocenters. The summed E-state index contributed by atoms with van der Waals surface area (Å²) in [5, 5.41) is 1.11. The molecule has 2 N–H and O–H groups in total. The zero-order valence-electron chi connectivity index (χ0n) is 7.27. The monoisotopic (exact) mass is 173 g/mol. The number of nitrogens with zero attached hydrogens (tertiary/aromatic N) is 2. The highest BCUT2D eigenvalue weighted by Gasteiger charge is 2.00. The molecule has 3 heteroatoms.